The van der Waals surface area contributed by atoms with Gasteiger partial charge in [0, 0.05) is 24.5 Å². The molecule has 0 aromatic rings. The van der Waals surface area contributed by atoms with Gasteiger partial charge in [-0.05, 0) is 68.5 Å². The van der Waals surface area contributed by atoms with Crippen LogP contribution in [0.15, 0.2) is 0 Å². The summed E-state index contributed by atoms with van der Waals surface area (Å²) >= 11 is 2.22. The number of hydrogen-bond acceptors (Lipinski definition) is 4. The second kappa shape index (κ2) is 24.0. The van der Waals surface area contributed by atoms with Gasteiger partial charge in [-0.2, -0.15) is 11.8 Å². The Bertz CT molecular complexity index is 624. The fourth-order valence-electron chi connectivity index (χ4n) is 6.93. The number of unbranched alkanes of at least 4 members (excludes halogenated alkanes) is 4. The quantitative estimate of drug-likeness (QED) is 0.0844. The molecule has 2 saturated carbocycles. The van der Waals surface area contributed by atoms with Crippen molar-refractivity contribution in [3.63, 3.8) is 0 Å². The highest BCUT2D eigenvalue weighted by atomic mass is 32.2. The van der Waals surface area contributed by atoms with Crippen molar-refractivity contribution >= 4 is 23.5 Å². The topological polar surface area (TPSA) is 43.4 Å². The maximum atomic E-state index is 13.0. The van der Waals surface area contributed by atoms with Crippen LogP contribution in [-0.2, 0) is 14.3 Å². The van der Waals surface area contributed by atoms with Gasteiger partial charge in [0.1, 0.15) is 5.78 Å². The number of rotatable bonds is 24. The summed E-state index contributed by atoms with van der Waals surface area (Å²) in [5.74, 6) is 3.70. The average Bonchev–Trinajstić information content (AvgIpc) is 2.98. The van der Waals surface area contributed by atoms with Crippen LogP contribution in [0.3, 0.4) is 0 Å². The van der Waals surface area contributed by atoms with Gasteiger partial charge in [0.05, 0.1) is 6.61 Å². The van der Waals surface area contributed by atoms with E-state index < -0.39 is 0 Å². The first-order valence-electron chi connectivity index (χ1n) is 17.9. The summed E-state index contributed by atoms with van der Waals surface area (Å²) < 4.78 is 5.66. The molecule has 2 unspecified atom stereocenters. The number of thioether (sulfide) groups is 1. The van der Waals surface area contributed by atoms with E-state index in [4.69, 9.17) is 4.74 Å². The van der Waals surface area contributed by atoms with E-state index in [1.165, 1.54) is 128 Å². The summed E-state index contributed by atoms with van der Waals surface area (Å²) in [7, 11) is 0. The van der Waals surface area contributed by atoms with Crippen molar-refractivity contribution in [3.8, 4) is 0 Å². The largest absolute Gasteiger partial charge is 0.466 e. The van der Waals surface area contributed by atoms with Crippen LogP contribution in [0.2, 0.25) is 0 Å². The molecule has 2 fully saturated rings. The Kier molecular flexibility index (Phi) is 21.4. The monoisotopic (exact) mass is 578 g/mol. The molecule has 0 saturated heterocycles. The number of ether oxygens (including phenoxy) is 1. The lowest BCUT2D eigenvalue weighted by atomic mass is 9.86. The van der Waals surface area contributed by atoms with Crippen molar-refractivity contribution in [1.29, 1.82) is 0 Å². The van der Waals surface area contributed by atoms with E-state index in [1.54, 1.807) is 0 Å². The summed E-state index contributed by atoms with van der Waals surface area (Å²) in [5.41, 5.74) is 0. The zero-order valence-corrected chi connectivity index (χ0v) is 27.6. The molecule has 2 rings (SSSR count). The first-order chi connectivity index (χ1) is 19.6. The van der Waals surface area contributed by atoms with Crippen LogP contribution < -0.4 is 0 Å². The molecular weight excluding hydrogens is 512 g/mol. The fraction of sp³-hybridized carbons (Fsp3) is 0.944. The number of hydrogen-bond donors (Lipinski definition) is 0. The number of esters is 1. The second-order valence-corrected chi connectivity index (χ2v) is 14.7. The normalized spacial score (nSPS) is 18.4. The van der Waals surface area contributed by atoms with E-state index in [0.717, 1.165) is 49.2 Å². The van der Waals surface area contributed by atoms with E-state index in [0.29, 0.717) is 31.1 Å². The van der Waals surface area contributed by atoms with E-state index in [-0.39, 0.29) is 5.97 Å². The van der Waals surface area contributed by atoms with Crippen LogP contribution in [0, 0.1) is 17.8 Å². The molecule has 0 aliphatic heterocycles. The maximum absolute atomic E-state index is 13.0. The summed E-state index contributed by atoms with van der Waals surface area (Å²) in [5, 5.41) is 0.896. The van der Waals surface area contributed by atoms with Gasteiger partial charge in [0.25, 0.3) is 0 Å². The van der Waals surface area contributed by atoms with Crippen LogP contribution in [0.25, 0.3) is 0 Å². The summed E-state index contributed by atoms with van der Waals surface area (Å²) in [6.45, 7) is 5.07. The first kappa shape index (κ1) is 35.7. The van der Waals surface area contributed by atoms with Crippen molar-refractivity contribution in [2.75, 3.05) is 12.4 Å². The van der Waals surface area contributed by atoms with Gasteiger partial charge in [0.2, 0.25) is 0 Å². The van der Waals surface area contributed by atoms with E-state index >= 15 is 0 Å². The highest BCUT2D eigenvalue weighted by Crippen LogP contribution is 2.31. The van der Waals surface area contributed by atoms with Crippen molar-refractivity contribution in [3.05, 3.63) is 0 Å². The Hall–Kier alpha value is -0.510. The molecular formula is C36H66O3S. The smallest absolute Gasteiger partial charge is 0.305 e. The molecule has 2 aliphatic carbocycles. The van der Waals surface area contributed by atoms with Gasteiger partial charge in [-0.1, -0.05) is 117 Å². The number of ketones is 1. The third kappa shape index (κ3) is 18.1. The minimum Gasteiger partial charge on any atom is -0.466 e. The molecule has 0 bridgehead atoms. The average molecular weight is 579 g/mol. The fourth-order valence-corrected chi connectivity index (χ4v) is 8.40. The predicted octanol–water partition coefficient (Wildman–Crippen LogP) is 11.3. The van der Waals surface area contributed by atoms with Crippen molar-refractivity contribution in [2.24, 2.45) is 17.8 Å². The maximum Gasteiger partial charge on any atom is 0.305 e. The van der Waals surface area contributed by atoms with Crippen LogP contribution in [-0.4, -0.2) is 29.4 Å². The molecule has 0 amide bonds. The minimum absolute atomic E-state index is 0.00952. The van der Waals surface area contributed by atoms with Gasteiger partial charge in [-0.3, -0.25) is 9.59 Å². The van der Waals surface area contributed by atoms with Crippen molar-refractivity contribution in [2.45, 2.75) is 186 Å². The molecule has 0 N–H and O–H groups in total. The summed E-state index contributed by atoms with van der Waals surface area (Å²) in [4.78, 5) is 25.3. The molecule has 234 valence electrons. The third-order valence-electron chi connectivity index (χ3n) is 9.80. The molecule has 0 heterocycles. The molecule has 3 nitrogen and oxygen atoms in total. The van der Waals surface area contributed by atoms with Gasteiger partial charge in [-0.25, -0.2) is 0 Å². The number of carbonyl (C=O) groups excluding carboxylic acids is 2. The van der Waals surface area contributed by atoms with Crippen LogP contribution in [0.4, 0.5) is 0 Å². The molecule has 2 aliphatic rings. The SMILES string of the molecule is CCCCCC(CCOC(=O)CCC1CCCCC1)CCC(=O)CCC(CCCCC)CCSC1CCCCC1. The Balaban J connectivity index is 1.66. The standard InChI is InChI=1S/C36H66O3S/c1-3-5-9-15-32(27-29-39-36(38)26-23-31-17-11-7-12-18-31)21-24-34(37)25-22-33(16-10-6-4-2)28-30-40-35-19-13-8-14-20-35/h31-33,35H,3-30H2,1-2H3. The van der Waals surface area contributed by atoms with E-state index in [2.05, 4.69) is 25.6 Å². The van der Waals surface area contributed by atoms with Gasteiger partial charge in [0.15, 0.2) is 0 Å². The Labute approximate surface area is 253 Å². The molecule has 0 aromatic carbocycles. The molecule has 0 radical (unpaired) electrons. The van der Waals surface area contributed by atoms with Crippen LogP contribution in [0.1, 0.15) is 181 Å². The third-order valence-corrected chi connectivity index (χ3v) is 11.2. The Morgan fingerprint density at radius 1 is 0.675 bits per heavy atom. The molecule has 4 heteroatoms. The van der Waals surface area contributed by atoms with Crippen LogP contribution in [0.5, 0.6) is 0 Å². The van der Waals surface area contributed by atoms with E-state index in [1.807, 2.05) is 0 Å². The number of carbonyl (C=O) groups is 2. The van der Waals surface area contributed by atoms with Gasteiger partial charge < -0.3 is 4.74 Å². The summed E-state index contributed by atoms with van der Waals surface area (Å²) in [6, 6.07) is 0. The van der Waals surface area contributed by atoms with Gasteiger partial charge in [-0.15, -0.1) is 0 Å². The van der Waals surface area contributed by atoms with Crippen molar-refractivity contribution < 1.29 is 14.3 Å². The zero-order valence-electron chi connectivity index (χ0n) is 26.7. The summed E-state index contributed by atoms with van der Waals surface area (Å²) in [6.07, 6.45) is 31.2. The molecule has 2 atom stereocenters. The molecule has 40 heavy (non-hydrogen) atoms. The van der Waals surface area contributed by atoms with Gasteiger partial charge >= 0.3 is 5.97 Å². The lowest BCUT2D eigenvalue weighted by Crippen LogP contribution is -2.14. The Morgan fingerprint density at radius 2 is 1.25 bits per heavy atom. The molecule has 0 aromatic heterocycles. The Morgan fingerprint density at radius 3 is 1.85 bits per heavy atom. The molecule has 0 spiro atoms. The first-order valence-corrected chi connectivity index (χ1v) is 18.9. The predicted molar refractivity (Wildman–Crippen MR) is 174 cm³/mol. The highest BCUT2D eigenvalue weighted by molar-refractivity contribution is 7.99. The lowest BCUT2D eigenvalue weighted by molar-refractivity contribution is -0.144. The highest BCUT2D eigenvalue weighted by Gasteiger charge is 2.18. The van der Waals surface area contributed by atoms with Crippen LogP contribution >= 0.6 is 11.8 Å². The number of Topliss-reactive ketones (excluding diaryl/α,β-unsaturated/α-hetero) is 1. The zero-order chi connectivity index (χ0) is 28.7. The van der Waals surface area contributed by atoms with Crippen molar-refractivity contribution in [1.82, 2.24) is 0 Å². The second-order valence-electron chi connectivity index (χ2n) is 13.3. The lowest BCUT2D eigenvalue weighted by Gasteiger charge is -2.23. The van der Waals surface area contributed by atoms with E-state index in [9.17, 15) is 9.59 Å². The minimum atomic E-state index is -0.00952.